The third kappa shape index (κ3) is 7.81. The van der Waals surface area contributed by atoms with E-state index in [4.69, 9.17) is 9.84 Å². The minimum atomic E-state index is -1.15. The number of aliphatic carboxylic acids is 1. The van der Waals surface area contributed by atoms with Gasteiger partial charge in [0.2, 0.25) is 0 Å². The molecule has 5 heteroatoms. The molecule has 4 nitrogen and oxygen atoms in total. The first-order chi connectivity index (χ1) is 5.06. The molecule has 68 valence electrons. The maximum absolute atomic E-state index is 10.6. The summed E-state index contributed by atoms with van der Waals surface area (Å²) in [5.41, 5.74) is 0. The molecule has 0 amide bonds. The van der Waals surface area contributed by atoms with Crippen molar-refractivity contribution in [2.75, 3.05) is 0 Å². The van der Waals surface area contributed by atoms with Crippen LogP contribution in [0, 0.1) is 0 Å². The van der Waals surface area contributed by atoms with Crippen LogP contribution in [0.5, 0.6) is 0 Å². The smallest absolute Gasteiger partial charge is 1.00 e. The topological polar surface area (TPSA) is 63.6 Å². The molecule has 0 aliphatic carbocycles. The van der Waals surface area contributed by atoms with E-state index >= 15 is 0 Å². The first-order valence-corrected chi connectivity index (χ1v) is 3.47. The summed E-state index contributed by atoms with van der Waals surface area (Å²) < 4.78 is 4.69. The van der Waals surface area contributed by atoms with Gasteiger partial charge in [-0.1, -0.05) is 6.92 Å². The van der Waals surface area contributed by atoms with Crippen molar-refractivity contribution in [1.29, 1.82) is 0 Å². The monoisotopic (exact) mass is 186 g/mol. The third-order valence-electron chi connectivity index (χ3n) is 1.20. The molecule has 0 radical (unpaired) electrons. The number of rotatable bonds is 4. The van der Waals surface area contributed by atoms with E-state index in [-0.39, 0.29) is 32.0 Å². The van der Waals surface area contributed by atoms with E-state index in [1.54, 1.807) is 6.92 Å². The summed E-state index contributed by atoms with van der Waals surface area (Å²) in [5.74, 6) is -1.83. The maximum Gasteiger partial charge on any atom is 2.00 e. The zero-order chi connectivity index (χ0) is 8.85. The van der Waals surface area contributed by atoms with Gasteiger partial charge in [0.1, 0.15) is 6.42 Å². The Morgan fingerprint density at radius 3 is 2.42 bits per heavy atom. The van der Waals surface area contributed by atoms with Crippen LogP contribution in [-0.4, -0.2) is 46.2 Å². The van der Waals surface area contributed by atoms with Crippen LogP contribution in [0.1, 0.15) is 29.5 Å². The molecule has 0 aromatic rings. The molecule has 0 heterocycles. The molecule has 1 N–H and O–H groups in total. The van der Waals surface area contributed by atoms with Crippen molar-refractivity contribution in [3.05, 3.63) is 0 Å². The van der Waals surface area contributed by atoms with Crippen molar-refractivity contribution in [1.82, 2.24) is 0 Å². The van der Waals surface area contributed by atoms with Crippen molar-refractivity contribution in [2.45, 2.75) is 32.8 Å². The fraction of sp³-hybridized carbons (Fsp3) is 0.714. The molecule has 0 rings (SSSR count). The molecule has 0 aliphatic rings. The molecule has 0 aromatic heterocycles. The summed E-state index contributed by atoms with van der Waals surface area (Å²) >= 11 is 0. The summed E-state index contributed by atoms with van der Waals surface area (Å²) in [4.78, 5) is 20.6. The number of hydrogen-bond donors (Lipinski definition) is 1. The Balaban J connectivity index is -0.000000167. The number of ether oxygens (including phenoxy) is 1. The average molecular weight is 186 g/mol. The maximum atomic E-state index is 10.6. The van der Waals surface area contributed by atoms with Gasteiger partial charge in [0, 0.05) is 0 Å². The van der Waals surface area contributed by atoms with Crippen molar-refractivity contribution >= 4 is 35.0 Å². The molecule has 1 unspecified atom stereocenters. The minimum Gasteiger partial charge on any atom is -1.00 e. The zero-order valence-electron chi connectivity index (χ0n) is 9.37. The second kappa shape index (κ2) is 7.36. The molecule has 0 aliphatic heterocycles. The van der Waals surface area contributed by atoms with Crippen molar-refractivity contribution < 1.29 is 22.3 Å². The van der Waals surface area contributed by atoms with Crippen LogP contribution in [0.15, 0.2) is 0 Å². The number of hydrogen-bond acceptors (Lipinski definition) is 3. The van der Waals surface area contributed by atoms with Crippen LogP contribution in [0.4, 0.5) is 0 Å². The van der Waals surface area contributed by atoms with Gasteiger partial charge in [0.15, 0.2) is 0 Å². The second-order valence-electron chi connectivity index (χ2n) is 2.28. The molecule has 12 heavy (non-hydrogen) atoms. The Morgan fingerprint density at radius 2 is 2.08 bits per heavy atom. The Morgan fingerprint density at radius 1 is 1.58 bits per heavy atom. The van der Waals surface area contributed by atoms with Gasteiger partial charge in [0.05, 0.1) is 6.10 Å². The molecular weight excluding hydrogens is 172 g/mol. The van der Waals surface area contributed by atoms with E-state index < -0.39 is 18.4 Å². The van der Waals surface area contributed by atoms with Gasteiger partial charge in [-0.25, -0.2) is 0 Å². The van der Waals surface area contributed by atoms with Gasteiger partial charge in [0.25, 0.3) is 0 Å². The number of esters is 1. The van der Waals surface area contributed by atoms with Crippen molar-refractivity contribution in [3.8, 4) is 0 Å². The van der Waals surface area contributed by atoms with E-state index in [1.807, 2.05) is 6.92 Å². The summed E-state index contributed by atoms with van der Waals surface area (Å²) in [6.07, 6.45) is -0.0442. The van der Waals surface area contributed by atoms with E-state index in [0.717, 1.165) is 0 Å². The normalized spacial score (nSPS) is 11.2. The summed E-state index contributed by atoms with van der Waals surface area (Å²) in [7, 11) is 0. The summed E-state index contributed by atoms with van der Waals surface area (Å²) in [5, 5.41) is 8.17. The van der Waals surface area contributed by atoms with E-state index in [0.29, 0.717) is 6.42 Å². The van der Waals surface area contributed by atoms with E-state index in [1.165, 1.54) is 0 Å². The van der Waals surface area contributed by atoms with Crippen LogP contribution < -0.4 is 0 Å². The largest absolute Gasteiger partial charge is 2.00 e. The van der Waals surface area contributed by atoms with Crippen molar-refractivity contribution in [3.63, 3.8) is 0 Å². The summed E-state index contributed by atoms with van der Waals surface area (Å²) in [6.45, 7) is 3.58. The van der Waals surface area contributed by atoms with Crippen LogP contribution in [0.2, 0.25) is 0 Å². The molecule has 0 saturated carbocycles. The number of carbonyl (C=O) groups excluding carboxylic acids is 1. The fourth-order valence-electron chi connectivity index (χ4n) is 0.473. The standard InChI is InChI=1S/C7H12O4.Mg.2H/c1-3-5(2)11-7(10)4-6(8)9;;;/h5H,3-4H2,1-2H3,(H,8,9);;;/q;+2;2*-1. The van der Waals surface area contributed by atoms with Crippen molar-refractivity contribution in [2.24, 2.45) is 0 Å². The van der Waals surface area contributed by atoms with Crippen LogP contribution in [0.25, 0.3) is 0 Å². The zero-order valence-corrected chi connectivity index (χ0v) is 8.78. The molecule has 0 spiro atoms. The first kappa shape index (κ1) is 14.2. The summed E-state index contributed by atoms with van der Waals surface area (Å²) in [6, 6.07) is 0. The Hall–Kier alpha value is -0.294. The molecule has 0 bridgehead atoms. The van der Waals surface area contributed by atoms with Gasteiger partial charge in [-0.2, -0.15) is 0 Å². The molecule has 1 atom stereocenters. The quantitative estimate of drug-likeness (QED) is 0.398. The van der Waals surface area contributed by atoms with Gasteiger partial charge in [-0.15, -0.1) is 0 Å². The first-order valence-electron chi connectivity index (χ1n) is 3.47. The van der Waals surface area contributed by atoms with Crippen LogP contribution in [-0.2, 0) is 14.3 Å². The SMILES string of the molecule is CCC(C)OC(=O)CC(=O)O.[H-].[H-].[Mg+2]. The van der Waals surface area contributed by atoms with E-state index in [9.17, 15) is 9.59 Å². The Labute approximate surface area is 90.4 Å². The number of carboxylic acid groups (broad SMARTS) is 1. The molecule has 0 saturated heterocycles. The Bertz CT molecular complexity index is 166. The molecule has 0 fully saturated rings. The predicted molar refractivity (Wildman–Crippen MR) is 46.1 cm³/mol. The van der Waals surface area contributed by atoms with Gasteiger partial charge < -0.3 is 12.7 Å². The van der Waals surface area contributed by atoms with E-state index in [2.05, 4.69) is 0 Å². The Kier molecular flexibility index (Phi) is 8.74. The molecular formula is C7H14MgO4. The van der Waals surface area contributed by atoms with Crippen LogP contribution in [0.3, 0.4) is 0 Å². The van der Waals surface area contributed by atoms with Gasteiger partial charge in [-0.3, -0.25) is 9.59 Å². The average Bonchev–Trinajstić information content (AvgIpc) is 1.85. The fourth-order valence-corrected chi connectivity index (χ4v) is 0.473. The number of carboxylic acids is 1. The van der Waals surface area contributed by atoms with Crippen LogP contribution >= 0.6 is 0 Å². The van der Waals surface area contributed by atoms with Gasteiger partial charge in [-0.05, 0) is 13.3 Å². The predicted octanol–water partition coefficient (Wildman–Crippen LogP) is 0.647. The minimum absolute atomic E-state index is 0. The molecule has 0 aromatic carbocycles. The third-order valence-corrected chi connectivity index (χ3v) is 1.20. The second-order valence-corrected chi connectivity index (χ2v) is 2.28. The number of carbonyl (C=O) groups is 2. The van der Waals surface area contributed by atoms with Gasteiger partial charge >= 0.3 is 35.0 Å².